The Kier molecular flexibility index (Phi) is 6.70. The molecule has 138 valence electrons. The highest BCUT2D eigenvalue weighted by atomic mass is 16.5. The molecule has 1 amide bonds. The first-order valence-electron chi connectivity index (χ1n) is 9.70. The maximum Gasteiger partial charge on any atom is 0.227 e. The van der Waals surface area contributed by atoms with Crippen LogP contribution in [-0.4, -0.2) is 61.1 Å². The van der Waals surface area contributed by atoms with Gasteiger partial charge in [-0.25, -0.2) is 0 Å². The Morgan fingerprint density at radius 3 is 2.52 bits per heavy atom. The lowest BCUT2D eigenvalue weighted by Gasteiger charge is -2.38. The van der Waals surface area contributed by atoms with E-state index in [-0.39, 0.29) is 5.91 Å². The molecule has 0 spiro atoms. The summed E-state index contributed by atoms with van der Waals surface area (Å²) >= 11 is 0. The highest BCUT2D eigenvalue weighted by Crippen LogP contribution is 2.21. The molecule has 1 atom stereocenters. The molecular weight excluding hydrogens is 314 g/mol. The number of ether oxygens (including phenoxy) is 1. The van der Waals surface area contributed by atoms with E-state index in [4.69, 9.17) is 10.5 Å². The summed E-state index contributed by atoms with van der Waals surface area (Å²) < 4.78 is 5.50. The summed E-state index contributed by atoms with van der Waals surface area (Å²) in [5.74, 6) is 1.08. The molecule has 0 aromatic heterocycles. The van der Waals surface area contributed by atoms with Crippen molar-refractivity contribution >= 4 is 5.91 Å². The second kappa shape index (κ2) is 9.20. The molecule has 0 saturated carbocycles. The minimum absolute atomic E-state index is 0.263. The molecule has 0 unspecified atom stereocenters. The minimum atomic E-state index is 0.263. The number of nitrogens with two attached hydrogens (primary N) is 1. The van der Waals surface area contributed by atoms with Gasteiger partial charge in [-0.1, -0.05) is 12.1 Å². The van der Waals surface area contributed by atoms with Crippen molar-refractivity contribution in [3.63, 3.8) is 0 Å². The van der Waals surface area contributed by atoms with Crippen molar-refractivity contribution in [2.45, 2.75) is 44.6 Å². The maximum atomic E-state index is 12.9. The fourth-order valence-electron chi connectivity index (χ4n) is 3.94. The number of rotatable bonds is 7. The standard InChI is InChI=1S/C20H31N3O2/c21-10-14-25-19-8-6-17(7-9-19)15-20(24)23-13-2-1-5-18(23)16-22-11-3-4-12-22/h6-9,18H,1-5,10-16,21H2/t18-/m1/s1. The van der Waals surface area contributed by atoms with Crippen LogP contribution in [0.15, 0.2) is 24.3 Å². The zero-order valence-electron chi connectivity index (χ0n) is 15.2. The van der Waals surface area contributed by atoms with Crippen LogP contribution in [0.25, 0.3) is 0 Å². The van der Waals surface area contributed by atoms with Crippen LogP contribution in [-0.2, 0) is 11.2 Å². The first-order chi connectivity index (χ1) is 12.3. The van der Waals surface area contributed by atoms with Gasteiger partial charge in [0.1, 0.15) is 12.4 Å². The molecule has 0 aliphatic carbocycles. The Hall–Kier alpha value is -1.59. The van der Waals surface area contributed by atoms with Crippen molar-refractivity contribution in [3.05, 3.63) is 29.8 Å². The Balaban J connectivity index is 1.56. The van der Waals surface area contributed by atoms with Crippen molar-refractivity contribution in [1.82, 2.24) is 9.80 Å². The van der Waals surface area contributed by atoms with Gasteiger partial charge >= 0.3 is 0 Å². The first kappa shape index (κ1) is 18.2. The van der Waals surface area contributed by atoms with Gasteiger partial charge < -0.3 is 20.3 Å². The Labute approximate surface area is 151 Å². The molecule has 2 heterocycles. The van der Waals surface area contributed by atoms with E-state index in [0.717, 1.165) is 37.2 Å². The molecule has 3 rings (SSSR count). The predicted octanol–water partition coefficient (Wildman–Crippen LogP) is 2.04. The van der Waals surface area contributed by atoms with Crippen molar-refractivity contribution < 1.29 is 9.53 Å². The lowest BCUT2D eigenvalue weighted by molar-refractivity contribution is -0.134. The summed E-state index contributed by atoms with van der Waals surface area (Å²) in [5, 5.41) is 0. The summed E-state index contributed by atoms with van der Waals surface area (Å²) in [5.41, 5.74) is 6.50. The SMILES string of the molecule is NCCOc1ccc(CC(=O)N2CCCC[C@@H]2CN2CCCC2)cc1. The number of carbonyl (C=O) groups excluding carboxylic acids is 1. The Morgan fingerprint density at radius 1 is 1.08 bits per heavy atom. The van der Waals surface area contributed by atoms with Gasteiger partial charge in [0.2, 0.25) is 5.91 Å². The molecule has 2 N–H and O–H groups in total. The Morgan fingerprint density at radius 2 is 1.80 bits per heavy atom. The lowest BCUT2D eigenvalue weighted by Crippen LogP contribution is -2.49. The third-order valence-corrected chi connectivity index (χ3v) is 5.28. The Bertz CT molecular complexity index is 540. The molecule has 5 heteroatoms. The quantitative estimate of drug-likeness (QED) is 0.822. The van der Waals surface area contributed by atoms with Crippen molar-refractivity contribution in [3.8, 4) is 5.75 Å². The third kappa shape index (κ3) is 5.19. The molecule has 0 bridgehead atoms. The molecule has 2 aliphatic rings. The van der Waals surface area contributed by atoms with E-state index in [0.29, 0.717) is 25.6 Å². The fourth-order valence-corrected chi connectivity index (χ4v) is 3.94. The van der Waals surface area contributed by atoms with Gasteiger partial charge in [0.05, 0.1) is 6.42 Å². The van der Waals surface area contributed by atoms with E-state index >= 15 is 0 Å². The van der Waals surface area contributed by atoms with Crippen LogP contribution in [0, 0.1) is 0 Å². The summed E-state index contributed by atoms with van der Waals surface area (Å²) in [4.78, 5) is 17.5. The van der Waals surface area contributed by atoms with Crippen molar-refractivity contribution in [1.29, 1.82) is 0 Å². The van der Waals surface area contributed by atoms with E-state index in [9.17, 15) is 4.79 Å². The van der Waals surface area contributed by atoms with E-state index in [1.54, 1.807) is 0 Å². The largest absolute Gasteiger partial charge is 0.492 e. The number of carbonyl (C=O) groups is 1. The van der Waals surface area contributed by atoms with E-state index in [1.165, 1.54) is 32.4 Å². The molecule has 0 radical (unpaired) electrons. The number of nitrogens with zero attached hydrogens (tertiary/aromatic N) is 2. The van der Waals surface area contributed by atoms with Gasteiger partial charge in [-0.15, -0.1) is 0 Å². The third-order valence-electron chi connectivity index (χ3n) is 5.28. The van der Waals surface area contributed by atoms with Crippen molar-refractivity contribution in [2.24, 2.45) is 5.73 Å². The molecule has 1 aromatic carbocycles. The molecule has 25 heavy (non-hydrogen) atoms. The molecule has 1 aromatic rings. The number of hydrogen-bond acceptors (Lipinski definition) is 4. The summed E-state index contributed by atoms with van der Waals surface area (Å²) in [6.07, 6.45) is 6.61. The topological polar surface area (TPSA) is 58.8 Å². The predicted molar refractivity (Wildman–Crippen MR) is 99.7 cm³/mol. The smallest absolute Gasteiger partial charge is 0.227 e. The van der Waals surface area contributed by atoms with Crippen LogP contribution in [0.5, 0.6) is 5.75 Å². The van der Waals surface area contributed by atoms with Gasteiger partial charge in [0, 0.05) is 25.7 Å². The van der Waals surface area contributed by atoms with E-state index in [1.807, 2.05) is 24.3 Å². The number of hydrogen-bond donors (Lipinski definition) is 1. The average Bonchev–Trinajstić information content (AvgIpc) is 3.14. The average molecular weight is 345 g/mol. The van der Waals surface area contributed by atoms with Gasteiger partial charge in [-0.2, -0.15) is 0 Å². The van der Waals surface area contributed by atoms with Gasteiger partial charge in [0.15, 0.2) is 0 Å². The maximum absolute atomic E-state index is 12.9. The van der Waals surface area contributed by atoms with Crippen LogP contribution in [0.1, 0.15) is 37.7 Å². The molecule has 5 nitrogen and oxygen atoms in total. The lowest BCUT2D eigenvalue weighted by atomic mass is 10.00. The fraction of sp³-hybridized carbons (Fsp3) is 0.650. The second-order valence-corrected chi connectivity index (χ2v) is 7.20. The van der Waals surface area contributed by atoms with Gasteiger partial charge in [-0.3, -0.25) is 4.79 Å². The summed E-state index contributed by atoms with van der Waals surface area (Å²) in [6.45, 7) is 5.38. The summed E-state index contributed by atoms with van der Waals surface area (Å²) in [6, 6.07) is 8.23. The van der Waals surface area contributed by atoms with Gasteiger partial charge in [-0.05, 0) is 62.9 Å². The minimum Gasteiger partial charge on any atom is -0.492 e. The van der Waals surface area contributed by atoms with Gasteiger partial charge in [0.25, 0.3) is 0 Å². The van der Waals surface area contributed by atoms with Crippen LogP contribution >= 0.6 is 0 Å². The molecular formula is C20H31N3O2. The number of piperidine rings is 1. The first-order valence-corrected chi connectivity index (χ1v) is 9.70. The van der Waals surface area contributed by atoms with Crippen LogP contribution in [0.2, 0.25) is 0 Å². The van der Waals surface area contributed by atoms with E-state index < -0.39 is 0 Å². The van der Waals surface area contributed by atoms with Crippen LogP contribution < -0.4 is 10.5 Å². The zero-order valence-corrected chi connectivity index (χ0v) is 15.2. The highest BCUT2D eigenvalue weighted by molar-refractivity contribution is 5.79. The van der Waals surface area contributed by atoms with E-state index in [2.05, 4.69) is 9.80 Å². The molecule has 2 saturated heterocycles. The highest BCUT2D eigenvalue weighted by Gasteiger charge is 2.28. The monoisotopic (exact) mass is 345 g/mol. The normalized spacial score (nSPS) is 21.5. The number of amides is 1. The second-order valence-electron chi connectivity index (χ2n) is 7.20. The van der Waals surface area contributed by atoms with Crippen molar-refractivity contribution in [2.75, 3.05) is 39.3 Å². The zero-order chi connectivity index (χ0) is 17.5. The van der Waals surface area contributed by atoms with Crippen LogP contribution in [0.4, 0.5) is 0 Å². The number of likely N-dealkylation sites (tertiary alicyclic amines) is 2. The summed E-state index contributed by atoms with van der Waals surface area (Å²) in [7, 11) is 0. The van der Waals surface area contributed by atoms with Crippen LogP contribution in [0.3, 0.4) is 0 Å². The molecule has 2 fully saturated rings. The molecule has 2 aliphatic heterocycles. The number of benzene rings is 1.